The summed E-state index contributed by atoms with van der Waals surface area (Å²) < 4.78 is 11.1. The molecule has 0 unspecified atom stereocenters. The summed E-state index contributed by atoms with van der Waals surface area (Å²) in [7, 11) is 0. The molecule has 1 fully saturated rings. The van der Waals surface area contributed by atoms with E-state index in [1.165, 1.54) is 16.2 Å². The van der Waals surface area contributed by atoms with E-state index in [1.807, 2.05) is 56.5 Å². The number of quaternary nitrogens is 1. The van der Waals surface area contributed by atoms with Crippen LogP contribution in [-0.4, -0.2) is 49.8 Å². The van der Waals surface area contributed by atoms with E-state index in [4.69, 9.17) is 9.47 Å². The number of carbonyl (C=O) groups excluding carboxylic acids is 2. The molecule has 7 heteroatoms. The number of amides is 1. The van der Waals surface area contributed by atoms with Gasteiger partial charge in [0.25, 0.3) is 5.91 Å². The molecule has 1 aromatic heterocycles. The first kappa shape index (κ1) is 21.5. The van der Waals surface area contributed by atoms with E-state index >= 15 is 0 Å². The molecule has 2 heterocycles. The zero-order valence-corrected chi connectivity index (χ0v) is 18.2. The van der Waals surface area contributed by atoms with Crippen LogP contribution in [0, 0.1) is 0 Å². The first-order valence-electron chi connectivity index (χ1n) is 10.1. The number of thiophene rings is 1. The predicted octanol–water partition coefficient (Wildman–Crippen LogP) is 2.61. The summed E-state index contributed by atoms with van der Waals surface area (Å²) in [6.07, 6.45) is 0.232. The molecule has 1 aromatic carbocycles. The van der Waals surface area contributed by atoms with Crippen molar-refractivity contribution in [2.24, 2.45) is 0 Å². The molecule has 1 aliphatic rings. The molecule has 3 rings (SSSR count). The van der Waals surface area contributed by atoms with Crippen molar-refractivity contribution in [1.82, 2.24) is 0 Å². The lowest BCUT2D eigenvalue weighted by atomic mass is 10.0. The van der Waals surface area contributed by atoms with E-state index < -0.39 is 5.97 Å². The van der Waals surface area contributed by atoms with E-state index in [0.717, 1.165) is 24.2 Å². The molecule has 2 aromatic rings. The standard InChI is InChI=1S/C22H28N2O4S/c1-5-27-22(26)19-18(17-9-7-6-8-10-17)13-29-21(19)23-20(25)16(4)24-11-14(2)28-15(3)12-24/h6-10,13-16H,5,11-12H2,1-4H3,(H,23,25)/p+1/t14-,15-,16+/m1/s1. The SMILES string of the molecule is CCOC(=O)c1c(-c2ccccc2)csc1NC(=O)[C@H](C)[NH+]1C[C@@H](C)O[C@H](C)C1. The van der Waals surface area contributed by atoms with Crippen LogP contribution in [0.1, 0.15) is 38.1 Å². The Kier molecular flexibility index (Phi) is 7.05. The van der Waals surface area contributed by atoms with Gasteiger partial charge >= 0.3 is 5.97 Å². The van der Waals surface area contributed by atoms with Gasteiger partial charge in [0.15, 0.2) is 6.04 Å². The smallest absolute Gasteiger partial charge is 0.341 e. The summed E-state index contributed by atoms with van der Waals surface area (Å²) in [5.41, 5.74) is 2.11. The molecule has 1 aliphatic heterocycles. The van der Waals surface area contributed by atoms with Crippen molar-refractivity contribution in [3.63, 3.8) is 0 Å². The Morgan fingerprint density at radius 1 is 1.24 bits per heavy atom. The zero-order valence-electron chi connectivity index (χ0n) is 17.4. The molecule has 3 atom stereocenters. The summed E-state index contributed by atoms with van der Waals surface area (Å²) in [5, 5.41) is 5.42. The predicted molar refractivity (Wildman–Crippen MR) is 115 cm³/mol. The van der Waals surface area contributed by atoms with Crippen LogP contribution >= 0.6 is 11.3 Å². The number of benzene rings is 1. The average Bonchev–Trinajstić information content (AvgIpc) is 3.11. The lowest BCUT2D eigenvalue weighted by molar-refractivity contribution is -0.928. The summed E-state index contributed by atoms with van der Waals surface area (Å²) in [6, 6.07) is 9.41. The summed E-state index contributed by atoms with van der Waals surface area (Å²) >= 11 is 1.35. The first-order valence-corrected chi connectivity index (χ1v) is 10.9. The van der Waals surface area contributed by atoms with E-state index in [1.54, 1.807) is 6.92 Å². The lowest BCUT2D eigenvalue weighted by Crippen LogP contribution is -3.19. The number of esters is 1. The van der Waals surface area contributed by atoms with Gasteiger partial charge in [-0.15, -0.1) is 11.3 Å². The van der Waals surface area contributed by atoms with Gasteiger partial charge in [0.2, 0.25) is 0 Å². The molecule has 29 heavy (non-hydrogen) atoms. The van der Waals surface area contributed by atoms with Crippen molar-refractivity contribution >= 4 is 28.2 Å². The number of morpholine rings is 1. The highest BCUT2D eigenvalue weighted by Crippen LogP contribution is 2.36. The van der Waals surface area contributed by atoms with E-state index in [-0.39, 0.29) is 30.8 Å². The van der Waals surface area contributed by atoms with Gasteiger partial charge in [-0.25, -0.2) is 4.79 Å². The topological polar surface area (TPSA) is 69.1 Å². The van der Waals surface area contributed by atoms with Crippen LogP contribution in [0.3, 0.4) is 0 Å². The number of ether oxygens (including phenoxy) is 2. The second kappa shape index (κ2) is 9.52. The van der Waals surface area contributed by atoms with Crippen molar-refractivity contribution in [2.75, 3.05) is 25.0 Å². The molecule has 156 valence electrons. The monoisotopic (exact) mass is 417 g/mol. The van der Waals surface area contributed by atoms with Gasteiger partial charge in [0.1, 0.15) is 35.9 Å². The molecule has 1 amide bonds. The second-order valence-electron chi connectivity index (χ2n) is 7.47. The van der Waals surface area contributed by atoms with Crippen LogP contribution in [0.4, 0.5) is 5.00 Å². The number of rotatable bonds is 6. The molecule has 0 bridgehead atoms. The van der Waals surface area contributed by atoms with Gasteiger partial charge in [-0.1, -0.05) is 30.3 Å². The first-order chi connectivity index (χ1) is 13.9. The van der Waals surface area contributed by atoms with Crippen LogP contribution in [0.15, 0.2) is 35.7 Å². The van der Waals surface area contributed by atoms with Gasteiger partial charge in [0.05, 0.1) is 6.61 Å². The summed E-state index contributed by atoms with van der Waals surface area (Å²) in [6.45, 7) is 9.60. The van der Waals surface area contributed by atoms with Gasteiger partial charge < -0.3 is 19.7 Å². The van der Waals surface area contributed by atoms with Crippen molar-refractivity contribution in [2.45, 2.75) is 45.9 Å². The van der Waals surface area contributed by atoms with Crippen molar-refractivity contribution in [3.8, 4) is 11.1 Å². The maximum atomic E-state index is 13.0. The van der Waals surface area contributed by atoms with Crippen LogP contribution in [0.2, 0.25) is 0 Å². The Hall–Kier alpha value is -2.22. The highest BCUT2D eigenvalue weighted by Gasteiger charge is 2.34. The second-order valence-corrected chi connectivity index (χ2v) is 8.35. The van der Waals surface area contributed by atoms with Crippen molar-refractivity contribution in [3.05, 3.63) is 41.3 Å². The molecule has 2 N–H and O–H groups in total. The molecule has 6 nitrogen and oxygen atoms in total. The average molecular weight is 418 g/mol. The Balaban J connectivity index is 1.83. The van der Waals surface area contributed by atoms with E-state index in [2.05, 4.69) is 5.32 Å². The fourth-order valence-corrected chi connectivity index (χ4v) is 4.72. The minimum Gasteiger partial charge on any atom is -0.462 e. The third-order valence-electron chi connectivity index (χ3n) is 5.16. The molecule has 1 saturated heterocycles. The Labute approximate surface area is 175 Å². The Bertz CT molecular complexity index is 842. The van der Waals surface area contributed by atoms with Crippen LogP contribution in [0.5, 0.6) is 0 Å². The molecule has 0 aliphatic carbocycles. The highest BCUT2D eigenvalue weighted by atomic mass is 32.1. The fraction of sp³-hybridized carbons (Fsp3) is 0.455. The Morgan fingerprint density at radius 3 is 2.52 bits per heavy atom. The van der Waals surface area contributed by atoms with Crippen molar-refractivity contribution < 1.29 is 24.0 Å². The largest absolute Gasteiger partial charge is 0.462 e. The molecule has 0 spiro atoms. The number of hydrogen-bond acceptors (Lipinski definition) is 5. The minimum absolute atomic E-state index is 0.103. The highest BCUT2D eigenvalue weighted by molar-refractivity contribution is 7.15. The summed E-state index contributed by atoms with van der Waals surface area (Å²) in [4.78, 5) is 26.8. The third kappa shape index (κ3) is 5.04. The number of carbonyl (C=O) groups is 2. The van der Waals surface area contributed by atoms with Crippen molar-refractivity contribution in [1.29, 1.82) is 0 Å². The number of hydrogen-bond donors (Lipinski definition) is 2. The van der Waals surface area contributed by atoms with Crippen LogP contribution < -0.4 is 10.2 Å². The minimum atomic E-state index is -0.420. The van der Waals surface area contributed by atoms with Crippen LogP contribution in [0.25, 0.3) is 11.1 Å². The van der Waals surface area contributed by atoms with E-state index in [9.17, 15) is 9.59 Å². The molecular formula is C22H29N2O4S+. The maximum absolute atomic E-state index is 13.0. The third-order valence-corrected chi connectivity index (χ3v) is 6.06. The number of nitrogens with one attached hydrogen (secondary N) is 2. The lowest BCUT2D eigenvalue weighted by Gasteiger charge is -2.35. The summed E-state index contributed by atoms with van der Waals surface area (Å²) in [5.74, 6) is -0.523. The van der Waals surface area contributed by atoms with E-state index in [0.29, 0.717) is 10.6 Å². The zero-order chi connectivity index (χ0) is 21.0. The maximum Gasteiger partial charge on any atom is 0.341 e. The molecule has 0 radical (unpaired) electrons. The normalized spacial score (nSPS) is 22.7. The molecular weight excluding hydrogens is 388 g/mol. The van der Waals surface area contributed by atoms with Gasteiger partial charge in [-0.05, 0) is 33.3 Å². The fourth-order valence-electron chi connectivity index (χ4n) is 3.76. The quantitative estimate of drug-likeness (QED) is 0.709. The van der Waals surface area contributed by atoms with Gasteiger partial charge in [0, 0.05) is 10.9 Å². The van der Waals surface area contributed by atoms with Gasteiger partial charge in [-0.3, -0.25) is 4.79 Å². The molecule has 0 saturated carbocycles. The number of anilines is 1. The van der Waals surface area contributed by atoms with Gasteiger partial charge in [-0.2, -0.15) is 0 Å². The van der Waals surface area contributed by atoms with Crippen LogP contribution in [-0.2, 0) is 14.3 Å². The Morgan fingerprint density at radius 2 is 1.90 bits per heavy atom.